The highest BCUT2D eigenvalue weighted by Gasteiger charge is 2.35. The summed E-state index contributed by atoms with van der Waals surface area (Å²) in [5.41, 5.74) is 12.9. The number of furan rings is 1. The molecule has 0 spiro atoms. The lowest BCUT2D eigenvalue weighted by Gasteiger charge is -2.32. The zero-order valence-corrected chi connectivity index (χ0v) is 25.8. The summed E-state index contributed by atoms with van der Waals surface area (Å²) in [6, 6.07) is 49.6. The van der Waals surface area contributed by atoms with Crippen LogP contribution in [0.4, 0.5) is 0 Å². The van der Waals surface area contributed by atoms with Crippen molar-refractivity contribution in [3.05, 3.63) is 167 Å². The fourth-order valence-electron chi connectivity index (χ4n) is 7.33. The highest BCUT2D eigenvalue weighted by atomic mass is 16.3. The van der Waals surface area contributed by atoms with E-state index in [1.54, 1.807) is 0 Å². The first kappa shape index (κ1) is 26.9. The van der Waals surface area contributed by atoms with E-state index in [1.165, 1.54) is 33.4 Å². The third-order valence-electron chi connectivity index (χ3n) is 9.77. The Balaban J connectivity index is 1.11. The lowest BCUT2D eigenvalue weighted by Crippen LogP contribution is -2.44. The number of nitrogens with one attached hydrogen (secondary N) is 2. The van der Waals surface area contributed by atoms with Crippen LogP contribution in [0.2, 0.25) is 0 Å². The molecule has 1 aliphatic heterocycles. The van der Waals surface area contributed by atoms with Crippen LogP contribution in [-0.2, 0) is 5.41 Å². The molecule has 1 aliphatic carbocycles. The van der Waals surface area contributed by atoms with Crippen molar-refractivity contribution in [1.29, 1.82) is 0 Å². The van der Waals surface area contributed by atoms with Crippen LogP contribution in [0.3, 0.4) is 0 Å². The van der Waals surface area contributed by atoms with Crippen molar-refractivity contribution in [1.82, 2.24) is 10.6 Å². The van der Waals surface area contributed by atoms with Gasteiger partial charge in [-0.25, -0.2) is 4.99 Å². The van der Waals surface area contributed by atoms with E-state index in [1.807, 2.05) is 12.1 Å². The minimum absolute atomic E-state index is 0.00261. The van der Waals surface area contributed by atoms with Gasteiger partial charge in [0.2, 0.25) is 0 Å². The van der Waals surface area contributed by atoms with Crippen molar-refractivity contribution in [2.24, 2.45) is 4.99 Å². The van der Waals surface area contributed by atoms with Gasteiger partial charge in [0.1, 0.15) is 29.3 Å². The second-order valence-electron chi connectivity index (χ2n) is 12.9. The highest BCUT2D eigenvalue weighted by Crippen LogP contribution is 2.49. The lowest BCUT2D eigenvalue weighted by atomic mass is 9.82. The Hall–Kier alpha value is -5.45. The molecule has 0 saturated heterocycles. The van der Waals surface area contributed by atoms with E-state index in [9.17, 15) is 0 Å². The third kappa shape index (κ3) is 4.29. The summed E-state index contributed by atoms with van der Waals surface area (Å²) in [5.74, 6) is 0.874. The molecule has 7 aromatic rings. The molecule has 0 fully saturated rings. The molecule has 2 aliphatic rings. The van der Waals surface area contributed by atoms with E-state index in [2.05, 4.69) is 152 Å². The number of fused-ring (bicyclic) bond motifs is 6. The zero-order chi connectivity index (χ0) is 30.8. The van der Waals surface area contributed by atoms with Crippen molar-refractivity contribution in [2.45, 2.75) is 31.6 Å². The molecule has 9 rings (SSSR count). The summed E-state index contributed by atoms with van der Waals surface area (Å²) < 4.78 is 6.35. The van der Waals surface area contributed by atoms with E-state index in [4.69, 9.17) is 9.41 Å². The number of amidine groups is 1. The summed E-state index contributed by atoms with van der Waals surface area (Å²) in [6.07, 6.45) is -0.323. The molecule has 2 heterocycles. The third-order valence-corrected chi connectivity index (χ3v) is 9.77. The molecule has 0 radical (unpaired) electrons. The van der Waals surface area contributed by atoms with Crippen LogP contribution in [0.5, 0.6) is 0 Å². The molecule has 0 amide bonds. The second kappa shape index (κ2) is 10.3. The van der Waals surface area contributed by atoms with Crippen LogP contribution in [0.1, 0.15) is 54.0 Å². The maximum atomic E-state index is 6.35. The Kier molecular flexibility index (Phi) is 6.02. The van der Waals surface area contributed by atoms with E-state index < -0.39 is 0 Å². The standard InChI is InChI=1S/C42H33N3O/c1-42(2)35-16-10-9-15-31(35)32-23-28(17-20-36(32)42)29-18-21-37-33(24-29)34-25-30(19-22-38(34)46-37)41-44-39(26-11-5-3-6-12-26)43-40(45-41)27-13-7-4-8-14-27/h3-25,39,41,44H,1-2H3,(H,43,45). The van der Waals surface area contributed by atoms with Gasteiger partial charge in [-0.05, 0) is 74.8 Å². The number of rotatable bonds is 4. The average molecular weight is 596 g/mol. The van der Waals surface area contributed by atoms with Gasteiger partial charge in [0, 0.05) is 21.8 Å². The van der Waals surface area contributed by atoms with Crippen molar-refractivity contribution in [3.8, 4) is 22.3 Å². The Bertz CT molecular complexity index is 2300. The molecule has 1 aromatic heterocycles. The van der Waals surface area contributed by atoms with Crippen molar-refractivity contribution >= 4 is 27.8 Å². The van der Waals surface area contributed by atoms with E-state index >= 15 is 0 Å². The molecular weight excluding hydrogens is 562 g/mol. The first-order valence-corrected chi connectivity index (χ1v) is 15.9. The van der Waals surface area contributed by atoms with Crippen LogP contribution in [-0.4, -0.2) is 5.84 Å². The minimum atomic E-state index is -0.180. The number of hydrogen-bond acceptors (Lipinski definition) is 4. The van der Waals surface area contributed by atoms with Crippen LogP contribution in [0.25, 0.3) is 44.2 Å². The molecule has 4 nitrogen and oxygen atoms in total. The number of aliphatic imine (C=N–C) groups is 1. The van der Waals surface area contributed by atoms with Crippen molar-refractivity contribution in [2.75, 3.05) is 0 Å². The van der Waals surface area contributed by atoms with Crippen molar-refractivity contribution < 1.29 is 4.42 Å². The van der Waals surface area contributed by atoms with Gasteiger partial charge in [-0.2, -0.15) is 0 Å². The fraction of sp³-hybridized carbons (Fsp3) is 0.119. The number of hydrogen-bond donors (Lipinski definition) is 2. The smallest absolute Gasteiger partial charge is 0.135 e. The van der Waals surface area contributed by atoms with E-state index in [0.717, 1.165) is 44.5 Å². The Labute approximate surface area is 268 Å². The van der Waals surface area contributed by atoms with Gasteiger partial charge in [-0.1, -0.05) is 123 Å². The SMILES string of the molecule is CC1(C)c2ccccc2-c2cc(-c3ccc4oc5ccc(C6NC(c7ccccc7)=NC(c7ccccc7)N6)cc5c4c3)ccc21. The normalized spacial score (nSPS) is 18.2. The largest absolute Gasteiger partial charge is 0.456 e. The first-order valence-electron chi connectivity index (χ1n) is 15.9. The second-order valence-corrected chi connectivity index (χ2v) is 12.9. The molecule has 2 N–H and O–H groups in total. The first-order chi connectivity index (χ1) is 22.5. The maximum Gasteiger partial charge on any atom is 0.135 e. The van der Waals surface area contributed by atoms with Gasteiger partial charge in [-0.15, -0.1) is 0 Å². The van der Waals surface area contributed by atoms with Crippen LogP contribution in [0.15, 0.2) is 149 Å². The Morgan fingerprint density at radius 1 is 0.565 bits per heavy atom. The van der Waals surface area contributed by atoms with Crippen LogP contribution in [0, 0.1) is 0 Å². The van der Waals surface area contributed by atoms with Crippen LogP contribution < -0.4 is 10.6 Å². The van der Waals surface area contributed by atoms with E-state index in [-0.39, 0.29) is 17.7 Å². The van der Waals surface area contributed by atoms with Crippen LogP contribution >= 0.6 is 0 Å². The van der Waals surface area contributed by atoms with Gasteiger partial charge < -0.3 is 9.73 Å². The van der Waals surface area contributed by atoms with Crippen molar-refractivity contribution in [3.63, 3.8) is 0 Å². The highest BCUT2D eigenvalue weighted by molar-refractivity contribution is 6.07. The topological polar surface area (TPSA) is 49.6 Å². The molecule has 6 aromatic carbocycles. The summed E-state index contributed by atoms with van der Waals surface area (Å²) in [7, 11) is 0. The molecule has 222 valence electrons. The molecule has 2 atom stereocenters. The molecule has 0 saturated carbocycles. The quantitative estimate of drug-likeness (QED) is 0.213. The predicted molar refractivity (Wildman–Crippen MR) is 188 cm³/mol. The van der Waals surface area contributed by atoms with Gasteiger partial charge in [-0.3, -0.25) is 5.32 Å². The fourth-order valence-corrected chi connectivity index (χ4v) is 7.33. The Morgan fingerprint density at radius 2 is 1.22 bits per heavy atom. The Morgan fingerprint density at radius 3 is 2.04 bits per heavy atom. The summed E-state index contributed by atoms with van der Waals surface area (Å²) in [4.78, 5) is 5.07. The minimum Gasteiger partial charge on any atom is -0.456 e. The van der Waals surface area contributed by atoms with Gasteiger partial charge in [0.05, 0.1) is 0 Å². The summed E-state index contributed by atoms with van der Waals surface area (Å²) >= 11 is 0. The molecule has 4 heteroatoms. The number of benzene rings is 6. The monoisotopic (exact) mass is 595 g/mol. The summed E-state index contributed by atoms with van der Waals surface area (Å²) in [5, 5.41) is 9.63. The van der Waals surface area contributed by atoms with Gasteiger partial charge >= 0.3 is 0 Å². The molecule has 0 bridgehead atoms. The molecule has 2 unspecified atom stereocenters. The lowest BCUT2D eigenvalue weighted by molar-refractivity contribution is 0.409. The number of nitrogens with zero attached hydrogens (tertiary/aromatic N) is 1. The predicted octanol–water partition coefficient (Wildman–Crippen LogP) is 9.90. The molecule has 46 heavy (non-hydrogen) atoms. The van der Waals surface area contributed by atoms with Gasteiger partial charge in [0.25, 0.3) is 0 Å². The van der Waals surface area contributed by atoms with E-state index in [0.29, 0.717) is 0 Å². The average Bonchev–Trinajstić information content (AvgIpc) is 3.59. The zero-order valence-electron chi connectivity index (χ0n) is 25.8. The summed E-state index contributed by atoms with van der Waals surface area (Å²) in [6.45, 7) is 4.65. The maximum absolute atomic E-state index is 6.35. The van der Waals surface area contributed by atoms with Gasteiger partial charge in [0.15, 0.2) is 0 Å². The molecular formula is C42H33N3O.